The van der Waals surface area contributed by atoms with Gasteiger partial charge in [-0.1, -0.05) is 17.7 Å². The molecule has 138 valence electrons. The Morgan fingerprint density at radius 2 is 2.07 bits per heavy atom. The first-order valence-electron chi connectivity index (χ1n) is 7.69. The summed E-state index contributed by atoms with van der Waals surface area (Å²) < 4.78 is 10.5. The molecular formula is C17H11ClN2O5S2. The molecule has 2 aliphatic heterocycles. The molecule has 3 heterocycles. The highest BCUT2D eigenvalue weighted by molar-refractivity contribution is 8.18. The number of imide groups is 1. The van der Waals surface area contributed by atoms with Crippen molar-refractivity contribution in [1.82, 2.24) is 4.90 Å². The van der Waals surface area contributed by atoms with E-state index in [-0.39, 0.29) is 16.7 Å². The van der Waals surface area contributed by atoms with Gasteiger partial charge in [-0.3, -0.25) is 19.3 Å². The molecule has 1 fully saturated rings. The van der Waals surface area contributed by atoms with Crippen LogP contribution in [-0.2, 0) is 9.59 Å². The predicted molar refractivity (Wildman–Crippen MR) is 103 cm³/mol. The lowest BCUT2D eigenvalue weighted by atomic mass is 10.2. The van der Waals surface area contributed by atoms with E-state index in [1.165, 1.54) is 23.5 Å². The predicted octanol–water partition coefficient (Wildman–Crippen LogP) is 3.81. The second-order valence-corrected chi connectivity index (χ2v) is 7.90. The number of fused-ring (bicyclic) bond motifs is 1. The number of carbonyl (C=O) groups is 3. The van der Waals surface area contributed by atoms with Crippen molar-refractivity contribution in [2.75, 3.05) is 18.7 Å². The zero-order chi connectivity index (χ0) is 19.0. The molecule has 1 saturated heterocycles. The topological polar surface area (TPSA) is 84.9 Å². The normalized spacial score (nSPS) is 17.1. The fourth-order valence-corrected chi connectivity index (χ4v) is 4.25. The molecule has 0 aliphatic carbocycles. The Bertz CT molecular complexity index is 974. The highest BCUT2D eigenvalue weighted by Crippen LogP contribution is 2.39. The van der Waals surface area contributed by atoms with Gasteiger partial charge in [0.25, 0.3) is 11.1 Å². The number of ether oxygens (including phenoxy) is 2. The molecule has 1 aromatic carbocycles. The molecule has 27 heavy (non-hydrogen) atoms. The van der Waals surface area contributed by atoms with Gasteiger partial charge in [-0.05, 0) is 29.3 Å². The summed E-state index contributed by atoms with van der Waals surface area (Å²) in [6.45, 7) is -0.326. The van der Waals surface area contributed by atoms with Crippen LogP contribution in [0, 0.1) is 0 Å². The van der Waals surface area contributed by atoms with Gasteiger partial charge in [0.15, 0.2) is 11.5 Å². The van der Waals surface area contributed by atoms with Gasteiger partial charge in [0.1, 0.15) is 6.54 Å². The molecule has 2 aliphatic rings. The van der Waals surface area contributed by atoms with Gasteiger partial charge in [0.2, 0.25) is 12.7 Å². The summed E-state index contributed by atoms with van der Waals surface area (Å²) in [6.07, 6.45) is 1.64. The van der Waals surface area contributed by atoms with Crippen LogP contribution in [-0.4, -0.2) is 35.3 Å². The van der Waals surface area contributed by atoms with E-state index in [0.29, 0.717) is 17.2 Å². The molecule has 10 heteroatoms. The van der Waals surface area contributed by atoms with Crippen LogP contribution < -0.4 is 14.8 Å². The highest BCUT2D eigenvalue weighted by atomic mass is 35.5. The maximum atomic E-state index is 12.4. The molecule has 1 aromatic heterocycles. The smallest absolute Gasteiger partial charge is 0.294 e. The third kappa shape index (κ3) is 3.66. The van der Waals surface area contributed by atoms with Crippen LogP contribution in [0.25, 0.3) is 6.08 Å². The van der Waals surface area contributed by atoms with E-state index in [1.807, 2.05) is 17.5 Å². The molecule has 7 nitrogen and oxygen atoms in total. The number of carbonyl (C=O) groups excluding carboxylic acids is 3. The summed E-state index contributed by atoms with van der Waals surface area (Å²) in [5.41, 5.74) is 0.312. The first-order valence-corrected chi connectivity index (χ1v) is 9.76. The van der Waals surface area contributed by atoms with Gasteiger partial charge in [-0.25, -0.2) is 0 Å². The van der Waals surface area contributed by atoms with E-state index in [4.69, 9.17) is 21.1 Å². The number of hydrogen-bond acceptors (Lipinski definition) is 7. The zero-order valence-corrected chi connectivity index (χ0v) is 16.0. The number of anilines is 1. The molecule has 0 radical (unpaired) electrons. The molecule has 0 saturated carbocycles. The number of hydrogen-bond donors (Lipinski definition) is 1. The molecule has 0 unspecified atom stereocenters. The van der Waals surface area contributed by atoms with Crippen LogP contribution in [0.1, 0.15) is 4.88 Å². The average Bonchev–Trinajstić information content (AvgIpc) is 3.34. The van der Waals surface area contributed by atoms with Crippen molar-refractivity contribution in [3.05, 3.63) is 44.5 Å². The van der Waals surface area contributed by atoms with Crippen molar-refractivity contribution in [3.8, 4) is 11.5 Å². The average molecular weight is 423 g/mol. The number of nitrogens with zero attached hydrogens (tertiary/aromatic N) is 1. The van der Waals surface area contributed by atoms with Crippen LogP contribution in [0.3, 0.4) is 0 Å². The summed E-state index contributed by atoms with van der Waals surface area (Å²) in [5, 5.41) is 4.24. The summed E-state index contributed by atoms with van der Waals surface area (Å²) in [5.74, 6) is -0.0943. The summed E-state index contributed by atoms with van der Waals surface area (Å²) in [7, 11) is 0. The van der Waals surface area contributed by atoms with Crippen molar-refractivity contribution < 1.29 is 23.9 Å². The maximum Gasteiger partial charge on any atom is 0.294 e. The van der Waals surface area contributed by atoms with Crippen LogP contribution in [0.4, 0.5) is 10.5 Å². The fraction of sp³-hybridized carbons (Fsp3) is 0.118. The SMILES string of the molecule is O=C(CN1C(=O)S/C(=C\c2cccs2)C1=O)Nc1cc2c(cc1Cl)OCO2. The number of halogens is 1. The van der Waals surface area contributed by atoms with Crippen molar-refractivity contribution in [2.24, 2.45) is 0 Å². The van der Waals surface area contributed by atoms with Crippen molar-refractivity contribution in [3.63, 3.8) is 0 Å². The Balaban J connectivity index is 1.45. The second-order valence-electron chi connectivity index (χ2n) is 5.52. The molecule has 2 aromatic rings. The standard InChI is InChI=1S/C17H11ClN2O5S2/c18-10-5-12-13(25-8-24-12)6-11(10)19-15(21)7-20-16(22)14(27-17(20)23)4-9-2-1-3-26-9/h1-6H,7-8H2,(H,19,21)/b14-4-. The van der Waals surface area contributed by atoms with Gasteiger partial charge in [-0.15, -0.1) is 11.3 Å². The van der Waals surface area contributed by atoms with Gasteiger partial charge in [0.05, 0.1) is 15.6 Å². The third-order valence-electron chi connectivity index (χ3n) is 3.73. The first kappa shape index (κ1) is 17.9. The quantitative estimate of drug-likeness (QED) is 0.754. The van der Waals surface area contributed by atoms with Crippen molar-refractivity contribution in [2.45, 2.75) is 0 Å². The summed E-state index contributed by atoms with van der Waals surface area (Å²) in [6, 6.07) is 6.76. The Hall–Kier alpha value is -2.49. The van der Waals surface area contributed by atoms with E-state index in [0.717, 1.165) is 21.5 Å². The number of thiophene rings is 1. The van der Waals surface area contributed by atoms with Crippen LogP contribution in [0.5, 0.6) is 11.5 Å². The van der Waals surface area contributed by atoms with Crippen LogP contribution in [0.15, 0.2) is 34.6 Å². The highest BCUT2D eigenvalue weighted by Gasteiger charge is 2.36. The Labute approximate surface area is 166 Å². The van der Waals surface area contributed by atoms with E-state index < -0.39 is 23.6 Å². The van der Waals surface area contributed by atoms with Crippen molar-refractivity contribution in [1.29, 1.82) is 0 Å². The van der Waals surface area contributed by atoms with Gasteiger partial charge < -0.3 is 14.8 Å². The summed E-state index contributed by atoms with van der Waals surface area (Å²) >= 11 is 8.38. The number of benzene rings is 1. The number of rotatable bonds is 4. The number of nitrogens with one attached hydrogen (secondary N) is 1. The third-order valence-corrected chi connectivity index (χ3v) is 5.77. The lowest BCUT2D eigenvalue weighted by Crippen LogP contribution is -2.36. The number of amides is 3. The largest absolute Gasteiger partial charge is 0.454 e. The minimum Gasteiger partial charge on any atom is -0.454 e. The maximum absolute atomic E-state index is 12.4. The Morgan fingerprint density at radius 1 is 1.30 bits per heavy atom. The van der Waals surface area contributed by atoms with E-state index >= 15 is 0 Å². The fourth-order valence-electron chi connectivity index (χ4n) is 2.49. The lowest BCUT2D eigenvalue weighted by molar-refractivity contribution is -0.127. The van der Waals surface area contributed by atoms with E-state index in [1.54, 1.807) is 6.08 Å². The first-order chi connectivity index (χ1) is 13.0. The molecule has 1 N–H and O–H groups in total. The Morgan fingerprint density at radius 3 is 2.81 bits per heavy atom. The number of thioether (sulfide) groups is 1. The minimum atomic E-state index is -0.546. The molecular weight excluding hydrogens is 412 g/mol. The van der Waals surface area contributed by atoms with Crippen LogP contribution >= 0.6 is 34.7 Å². The zero-order valence-electron chi connectivity index (χ0n) is 13.6. The van der Waals surface area contributed by atoms with Crippen molar-refractivity contribution >= 4 is 63.5 Å². The molecule has 3 amide bonds. The summed E-state index contributed by atoms with van der Waals surface area (Å²) in [4.78, 5) is 38.9. The second kappa shape index (κ2) is 7.26. The van der Waals surface area contributed by atoms with E-state index in [2.05, 4.69) is 5.32 Å². The molecule has 4 rings (SSSR count). The molecule has 0 atom stereocenters. The van der Waals surface area contributed by atoms with Crippen LogP contribution in [0.2, 0.25) is 5.02 Å². The molecule has 0 spiro atoms. The van der Waals surface area contributed by atoms with Gasteiger partial charge in [0, 0.05) is 17.0 Å². The molecule has 0 bridgehead atoms. The minimum absolute atomic E-state index is 0.0798. The van der Waals surface area contributed by atoms with Gasteiger partial charge in [-0.2, -0.15) is 0 Å². The Kier molecular flexibility index (Phi) is 4.81. The lowest BCUT2D eigenvalue weighted by Gasteiger charge is -2.13. The van der Waals surface area contributed by atoms with Gasteiger partial charge >= 0.3 is 0 Å². The monoisotopic (exact) mass is 422 g/mol. The van der Waals surface area contributed by atoms with E-state index in [9.17, 15) is 14.4 Å².